The molecule has 5 rings (SSSR count). The van der Waals surface area contributed by atoms with Gasteiger partial charge in [0, 0.05) is 42.6 Å². The molecule has 1 saturated carbocycles. The maximum atomic E-state index is 13.3. The molecule has 3 aliphatic rings. The van der Waals surface area contributed by atoms with Crippen molar-refractivity contribution in [3.63, 3.8) is 0 Å². The van der Waals surface area contributed by atoms with E-state index in [1.165, 1.54) is 31.2 Å². The number of rotatable bonds is 4. The minimum Gasteiger partial charge on any atom is -0.495 e. The van der Waals surface area contributed by atoms with E-state index in [1.54, 1.807) is 7.11 Å². The minimum absolute atomic E-state index is 0.0858. The molecule has 6 heteroatoms. The second kappa shape index (κ2) is 11.4. The molecule has 3 fully saturated rings. The van der Waals surface area contributed by atoms with Gasteiger partial charge in [0.05, 0.1) is 19.4 Å². The number of hydrogen-bond acceptors (Lipinski definition) is 4. The van der Waals surface area contributed by atoms with Crippen LogP contribution in [0.3, 0.4) is 0 Å². The standard InChI is InChI=1S/C30H37N3O3/c1-36-28-11-5-4-10-25(28)31-30(35)32-18-6-7-19-33-26(20-32)29(27(33)21-34)24-16-14-23(15-17-24)13-12-22-8-2-3-9-22/h4-5,10-11,14-17,22,26-27,29,34H,2-3,6-9,18-21H2,1H3,(H,31,35)/t26-,27+,29-/m0/s1. The van der Waals surface area contributed by atoms with Crippen LogP contribution < -0.4 is 10.1 Å². The number of carbonyl (C=O) groups is 1. The fourth-order valence-electron chi connectivity index (χ4n) is 6.11. The third-order valence-electron chi connectivity index (χ3n) is 8.08. The van der Waals surface area contributed by atoms with Crippen LogP contribution in [0.1, 0.15) is 55.6 Å². The maximum Gasteiger partial charge on any atom is 0.322 e. The van der Waals surface area contributed by atoms with E-state index in [4.69, 9.17) is 4.74 Å². The fraction of sp³-hybridized carbons (Fsp3) is 0.500. The smallest absolute Gasteiger partial charge is 0.322 e. The Bertz CT molecular complexity index is 1100. The zero-order valence-electron chi connectivity index (χ0n) is 21.2. The van der Waals surface area contributed by atoms with Crippen molar-refractivity contribution in [1.82, 2.24) is 9.80 Å². The van der Waals surface area contributed by atoms with Crippen molar-refractivity contribution < 1.29 is 14.6 Å². The molecule has 0 bridgehead atoms. The summed E-state index contributed by atoms with van der Waals surface area (Å²) < 4.78 is 5.41. The van der Waals surface area contributed by atoms with Gasteiger partial charge in [-0.05, 0) is 62.1 Å². The first-order valence-electron chi connectivity index (χ1n) is 13.3. The highest BCUT2D eigenvalue weighted by Crippen LogP contribution is 2.42. The summed E-state index contributed by atoms with van der Waals surface area (Å²) in [5.41, 5.74) is 2.95. The number of aliphatic hydroxyl groups excluding tert-OH is 1. The average molecular weight is 488 g/mol. The monoisotopic (exact) mass is 487 g/mol. The first kappa shape index (κ1) is 24.7. The van der Waals surface area contributed by atoms with Gasteiger partial charge in [0.25, 0.3) is 0 Å². The molecular formula is C30H37N3O3. The molecule has 2 heterocycles. The Kier molecular flexibility index (Phi) is 7.79. The van der Waals surface area contributed by atoms with E-state index in [1.807, 2.05) is 29.2 Å². The van der Waals surface area contributed by atoms with Crippen LogP contribution in [0.15, 0.2) is 48.5 Å². The third kappa shape index (κ3) is 5.23. The molecule has 3 atom stereocenters. The minimum atomic E-state index is -0.106. The zero-order chi connectivity index (χ0) is 24.9. The number of fused-ring (bicyclic) bond motifs is 1. The topological polar surface area (TPSA) is 65.0 Å². The van der Waals surface area contributed by atoms with E-state index in [9.17, 15) is 9.90 Å². The quantitative estimate of drug-likeness (QED) is 0.614. The predicted molar refractivity (Wildman–Crippen MR) is 142 cm³/mol. The zero-order valence-corrected chi connectivity index (χ0v) is 21.2. The van der Waals surface area contributed by atoms with Gasteiger partial charge in [-0.1, -0.05) is 48.9 Å². The van der Waals surface area contributed by atoms with E-state index >= 15 is 0 Å². The second-order valence-corrected chi connectivity index (χ2v) is 10.2. The van der Waals surface area contributed by atoms with Crippen LogP contribution in [-0.2, 0) is 0 Å². The molecule has 2 saturated heterocycles. The number of urea groups is 1. The number of nitrogens with zero attached hydrogens (tertiary/aromatic N) is 2. The van der Waals surface area contributed by atoms with E-state index in [2.05, 4.69) is 46.3 Å². The molecular weight excluding hydrogens is 450 g/mol. The van der Waals surface area contributed by atoms with Crippen molar-refractivity contribution in [2.45, 2.75) is 56.5 Å². The number of anilines is 1. The van der Waals surface area contributed by atoms with Gasteiger partial charge in [0.2, 0.25) is 0 Å². The Hall–Kier alpha value is -3.01. The number of hydrogen-bond donors (Lipinski definition) is 2. The molecule has 1 aliphatic carbocycles. The number of benzene rings is 2. The van der Waals surface area contributed by atoms with Crippen LogP contribution in [-0.4, -0.2) is 66.4 Å². The van der Waals surface area contributed by atoms with Crippen molar-refractivity contribution in [2.24, 2.45) is 5.92 Å². The largest absolute Gasteiger partial charge is 0.495 e. The summed E-state index contributed by atoms with van der Waals surface area (Å²) in [6, 6.07) is 16.2. The molecule has 190 valence electrons. The van der Waals surface area contributed by atoms with Crippen LogP contribution in [0.4, 0.5) is 10.5 Å². The molecule has 2 aromatic rings. The third-order valence-corrected chi connectivity index (χ3v) is 8.08. The Balaban J connectivity index is 1.31. The van der Waals surface area contributed by atoms with Crippen LogP contribution in [0.25, 0.3) is 0 Å². The summed E-state index contributed by atoms with van der Waals surface area (Å²) in [5.74, 6) is 8.19. The molecule has 0 spiro atoms. The summed E-state index contributed by atoms with van der Waals surface area (Å²) in [7, 11) is 1.61. The van der Waals surface area contributed by atoms with Crippen molar-refractivity contribution in [2.75, 3.05) is 38.7 Å². The summed E-state index contributed by atoms with van der Waals surface area (Å²) in [4.78, 5) is 17.6. The number of aliphatic hydroxyl groups is 1. The normalized spacial score (nSPS) is 24.5. The van der Waals surface area contributed by atoms with Crippen LogP contribution in [0, 0.1) is 17.8 Å². The lowest BCUT2D eigenvalue weighted by Crippen LogP contribution is -2.68. The predicted octanol–water partition coefficient (Wildman–Crippen LogP) is 4.69. The van der Waals surface area contributed by atoms with Crippen molar-refractivity contribution in [3.05, 3.63) is 59.7 Å². The number of ether oxygens (including phenoxy) is 1. The van der Waals surface area contributed by atoms with Crippen LogP contribution in [0.2, 0.25) is 0 Å². The van der Waals surface area contributed by atoms with Gasteiger partial charge in [-0.3, -0.25) is 4.90 Å². The lowest BCUT2D eigenvalue weighted by atomic mass is 9.74. The fourth-order valence-corrected chi connectivity index (χ4v) is 6.11. The van der Waals surface area contributed by atoms with E-state index in [0.717, 1.165) is 31.5 Å². The molecule has 6 nitrogen and oxygen atoms in total. The Morgan fingerprint density at radius 2 is 1.81 bits per heavy atom. The van der Waals surface area contributed by atoms with E-state index < -0.39 is 0 Å². The first-order valence-corrected chi connectivity index (χ1v) is 13.3. The van der Waals surface area contributed by atoms with Gasteiger partial charge < -0.3 is 20.1 Å². The Morgan fingerprint density at radius 1 is 1.06 bits per heavy atom. The molecule has 0 aromatic heterocycles. The van der Waals surface area contributed by atoms with Gasteiger partial charge in [-0.25, -0.2) is 4.79 Å². The highest BCUT2D eigenvalue weighted by molar-refractivity contribution is 5.91. The highest BCUT2D eigenvalue weighted by atomic mass is 16.5. The van der Waals surface area contributed by atoms with Crippen LogP contribution in [0.5, 0.6) is 5.75 Å². The summed E-state index contributed by atoms with van der Waals surface area (Å²) in [6.07, 6.45) is 7.00. The Morgan fingerprint density at radius 3 is 2.56 bits per heavy atom. The maximum absolute atomic E-state index is 13.3. The molecule has 2 aliphatic heterocycles. The number of carbonyl (C=O) groups excluding carboxylic acids is 1. The van der Waals surface area contributed by atoms with Gasteiger partial charge in [0.15, 0.2) is 0 Å². The Labute approximate surface area is 214 Å². The van der Waals surface area contributed by atoms with Gasteiger partial charge in [-0.2, -0.15) is 0 Å². The molecule has 0 unspecified atom stereocenters. The van der Waals surface area contributed by atoms with E-state index in [0.29, 0.717) is 23.9 Å². The number of nitrogens with one attached hydrogen (secondary N) is 1. The second-order valence-electron chi connectivity index (χ2n) is 10.2. The first-order chi connectivity index (χ1) is 17.7. The average Bonchev–Trinajstić information content (AvgIpc) is 3.41. The van der Waals surface area contributed by atoms with Gasteiger partial charge in [-0.15, -0.1) is 0 Å². The van der Waals surface area contributed by atoms with E-state index in [-0.39, 0.29) is 30.6 Å². The molecule has 2 N–H and O–H groups in total. The molecule has 0 radical (unpaired) electrons. The number of methoxy groups -OCH3 is 1. The number of para-hydroxylation sites is 2. The SMILES string of the molecule is COc1ccccc1NC(=O)N1CCCCN2[C@H](CO)[C@@H](c3ccc(C#CC4CCCC4)cc3)[C@@H]2C1. The number of amides is 2. The molecule has 2 aromatic carbocycles. The highest BCUT2D eigenvalue weighted by Gasteiger charge is 2.49. The lowest BCUT2D eigenvalue weighted by molar-refractivity contribution is -0.0585. The summed E-state index contributed by atoms with van der Waals surface area (Å²) >= 11 is 0. The lowest BCUT2D eigenvalue weighted by Gasteiger charge is -2.57. The molecule has 36 heavy (non-hydrogen) atoms. The van der Waals surface area contributed by atoms with Gasteiger partial charge >= 0.3 is 6.03 Å². The molecule has 2 amide bonds. The summed E-state index contributed by atoms with van der Waals surface area (Å²) in [5, 5.41) is 13.3. The van der Waals surface area contributed by atoms with Crippen molar-refractivity contribution in [3.8, 4) is 17.6 Å². The van der Waals surface area contributed by atoms with Crippen molar-refractivity contribution >= 4 is 11.7 Å². The van der Waals surface area contributed by atoms with Gasteiger partial charge in [0.1, 0.15) is 5.75 Å². The summed E-state index contributed by atoms with van der Waals surface area (Å²) in [6.45, 7) is 2.43. The van der Waals surface area contributed by atoms with Crippen molar-refractivity contribution in [1.29, 1.82) is 0 Å². The van der Waals surface area contributed by atoms with Crippen LogP contribution >= 0.6 is 0 Å².